The van der Waals surface area contributed by atoms with Crippen LogP contribution >= 0.6 is 0 Å². The van der Waals surface area contributed by atoms with Crippen LogP contribution < -0.4 is 209 Å². The van der Waals surface area contributed by atoms with Gasteiger partial charge in [-0.05, 0) is 191 Å². The van der Waals surface area contributed by atoms with Gasteiger partial charge in [-0.25, -0.2) is 60.1 Å². The summed E-state index contributed by atoms with van der Waals surface area (Å²) in [6.45, 7) is 13.8. The predicted molar refractivity (Wildman–Crippen MR) is 389 cm³/mol. The Morgan fingerprint density at radius 2 is 0.789 bits per heavy atom. The smallest absolute Gasteiger partial charge is 0.744 e. The summed E-state index contributed by atoms with van der Waals surface area (Å²) in [6.07, 6.45) is 15.0. The molecule has 7 N–H and O–H groups in total. The summed E-state index contributed by atoms with van der Waals surface area (Å²) in [4.78, 5) is 70.1. The van der Waals surface area contributed by atoms with Crippen molar-refractivity contribution in [3.8, 4) is 0 Å². The normalized spacial score (nSPS) is 13.2. The van der Waals surface area contributed by atoms with Crippen LogP contribution in [0.3, 0.4) is 0 Å². The number of aliphatic carboxylic acids is 1. The third-order valence-corrected chi connectivity index (χ3v) is 21.7. The zero-order valence-electron chi connectivity index (χ0n) is 63.5. The number of benzene rings is 8. The summed E-state index contributed by atoms with van der Waals surface area (Å²) in [7, 11) is -33.7. The Morgan fingerprint density at radius 3 is 1.14 bits per heavy atom. The van der Waals surface area contributed by atoms with Gasteiger partial charge in [0, 0.05) is 72.6 Å². The zero-order valence-corrected chi connectivity index (χ0v) is 80.4. The first kappa shape index (κ1) is 105. The van der Waals surface area contributed by atoms with Gasteiger partial charge in [0.2, 0.25) is 0 Å². The number of allylic oxidation sites excluding steroid dienone is 9. The fourth-order valence-corrected chi connectivity index (χ4v) is 15.3. The molecule has 6 amide bonds. The Kier molecular flexibility index (Phi) is 39.5. The molecule has 1 aliphatic rings. The topological polar surface area (TPSA) is 538 Å². The number of rotatable bonds is 21. The summed E-state index contributed by atoms with van der Waals surface area (Å²) >= 11 is 0. The van der Waals surface area contributed by atoms with E-state index in [0.717, 1.165) is 23.3 Å². The maximum absolute atomic E-state index is 13.6. The minimum atomic E-state index is -5.75. The number of aryl methyl sites for hydroxylation is 2. The van der Waals surface area contributed by atoms with Gasteiger partial charge < -0.3 is 64.3 Å². The van der Waals surface area contributed by atoms with Gasteiger partial charge in [0.25, 0.3) is 23.6 Å². The molecule has 0 fully saturated rings. The van der Waals surface area contributed by atoms with Crippen LogP contribution in [0, 0.1) is 19.3 Å². The summed E-state index contributed by atoms with van der Waals surface area (Å²) in [5.74, 6) is -4.63. The largest absolute Gasteiger partial charge is 1.00 e. The summed E-state index contributed by atoms with van der Waals surface area (Å²) in [5.41, 5.74) is 4.25. The van der Waals surface area contributed by atoms with E-state index in [1.807, 2.05) is 12.2 Å². The van der Waals surface area contributed by atoms with Crippen molar-refractivity contribution in [3.05, 3.63) is 226 Å². The number of fused-ring (bicyclic) bond motifs is 2. The molecule has 0 saturated heterocycles. The van der Waals surface area contributed by atoms with Crippen LogP contribution in [-0.2, 0) is 65.5 Å². The van der Waals surface area contributed by atoms with E-state index >= 15 is 0 Å². The molecular weight excluding hydrogens is 1670 g/mol. The molecule has 1 aliphatic carbocycles. The number of carbonyl (C=O) groups is 6. The molecule has 9 rings (SSSR count). The average molecular weight is 1730 g/mol. The Bertz CT molecular complexity index is 5750. The molecule has 0 aliphatic heterocycles. The van der Waals surface area contributed by atoms with Gasteiger partial charge in [-0.2, -0.15) is 0 Å². The molecule has 568 valence electrons. The first-order valence-electron chi connectivity index (χ1n) is 31.4. The summed E-state index contributed by atoms with van der Waals surface area (Å²) < 4.78 is 218. The van der Waals surface area contributed by atoms with Crippen LogP contribution in [0.15, 0.2) is 222 Å². The van der Waals surface area contributed by atoms with E-state index in [2.05, 4.69) is 71.7 Å². The van der Waals surface area contributed by atoms with E-state index in [-0.39, 0.29) is 240 Å². The van der Waals surface area contributed by atoms with E-state index in [9.17, 15) is 107 Å². The van der Waals surface area contributed by atoms with Crippen molar-refractivity contribution in [1.82, 2.24) is 0 Å². The number of carboxylic acid groups (broad SMARTS) is 1. The van der Waals surface area contributed by atoms with Crippen LogP contribution in [0.2, 0.25) is 0 Å². The predicted octanol–water partition coefficient (Wildman–Crippen LogP) is -7.69. The molecule has 8 aromatic rings. The van der Waals surface area contributed by atoms with Crippen LogP contribution in [0.4, 0.5) is 38.9 Å². The molecule has 43 heteroatoms. The summed E-state index contributed by atoms with van der Waals surface area (Å²) in [6, 6.07) is 21.2. The van der Waals surface area contributed by atoms with Gasteiger partial charge >= 0.3 is 189 Å². The van der Waals surface area contributed by atoms with Gasteiger partial charge in [0.1, 0.15) is 60.7 Å². The van der Waals surface area contributed by atoms with Gasteiger partial charge in [-0.3, -0.25) is 19.2 Å². The molecule has 0 spiro atoms. The van der Waals surface area contributed by atoms with Crippen molar-refractivity contribution in [2.24, 2.45) is 5.41 Å². The standard InChI is InChI=1S/C51H40N6O23S6.C20H28O2.6Na/c1-25-9-11-29(49(60)54-37-13-15-41(83(69,70)71)35-21-33(81(63,64)65)23-43(45(35)37)85(75,76)77)19-39(25)56-47(58)27-5-3-7-31(17-27)52-51(62)53-32-8-4-6-28(18-32)48(59)57-40-20-30(12-10-26(40)2)50(61)55-38-14-16-42(84(72,73)74)36-22-34(82(66,67)68)24-44(46(36)38)86(78,79)80;1-15(8-6-9-16(2)14-19(21)22)11-12-18-17(3)10-7-13-20(18,4)5;;;;;;/h3-24H,1-2H3,(H,54,60)(H,55,61)(H,56,58)(H,57,59)(H2,52,53,62)(H,63,64,65)(H,66,67,68)(H,69,70,71)(H,72,73,74)(H,75,76,77)(H,78,79,80);6,8-9,11-12,14H,7,10,13H2,1-5H3,(H,21,22);;;;;;/q;;6*+1/p-6/b;9-6+,12-11+,15-8+,16-14+;;;;;;. The molecule has 31 nitrogen and oxygen atoms in total. The fraction of sp³-hybridized carbons (Fsp3) is 0.155. The minimum Gasteiger partial charge on any atom is -0.744 e. The number of hydrogen-bond acceptors (Lipinski definition) is 24. The van der Waals surface area contributed by atoms with Crippen LogP contribution in [0.5, 0.6) is 0 Å². The SMILES string of the molecule is CC1=C(/C=C/C(C)=C/C=C/C(C)=C/C(=O)O)C(C)(C)CCC1.Cc1ccc(C(=O)Nc2ccc(S(=O)(=O)[O-])c3cc(S(=O)(=O)[O-])cc(S(=O)(=O)[O-])c23)cc1NC(=O)c1cccc(NC(=O)Nc2cccc(C(=O)Nc3cc(C(=O)Nc4ccc(S(=O)(=O)[O-])c5cc(S(=O)(=O)[O-])cc(S(=O)(=O)[O-])c45)ccc3C)c2)c1.[Na+].[Na+].[Na+].[Na+].[Na+].[Na+]. The Balaban J connectivity index is 0.00000136. The van der Waals surface area contributed by atoms with Gasteiger partial charge in [-0.15, -0.1) is 0 Å². The second-order valence-corrected chi connectivity index (χ2v) is 33.2. The molecular formula is C71H62N6Na6O25S6. The molecule has 8 aromatic carbocycles. The first-order chi connectivity index (χ1) is 50.0. The molecule has 114 heavy (non-hydrogen) atoms. The summed E-state index contributed by atoms with van der Waals surface area (Å²) in [5, 5.41) is 19.6. The van der Waals surface area contributed by atoms with Gasteiger partial charge in [0.05, 0.1) is 40.7 Å². The minimum absolute atomic E-state index is 0. The third kappa shape index (κ3) is 28.1. The van der Waals surface area contributed by atoms with Crippen molar-refractivity contribution in [1.29, 1.82) is 0 Å². The molecule has 0 atom stereocenters. The number of carbonyl (C=O) groups excluding carboxylic acids is 5. The third-order valence-electron chi connectivity index (χ3n) is 16.6. The van der Waals surface area contributed by atoms with Crippen LogP contribution in [0.25, 0.3) is 21.5 Å². The Labute approximate surface area is 790 Å². The molecule has 0 radical (unpaired) electrons. The number of anilines is 6. The van der Waals surface area contributed by atoms with Crippen molar-refractivity contribution < 1.29 is 289 Å². The molecule has 0 aromatic heterocycles. The number of carboxylic acids is 1. The number of hydrogen-bond donors (Lipinski definition) is 7. The number of amides is 6. The fourth-order valence-electron chi connectivity index (χ4n) is 11.3. The quantitative estimate of drug-likeness (QED) is 0.0152. The molecule has 0 bridgehead atoms. The average Bonchev–Trinajstić information content (AvgIpc) is 0.744. The van der Waals surface area contributed by atoms with Crippen LogP contribution in [-0.4, -0.2) is 119 Å². The molecule has 0 heterocycles. The second-order valence-electron chi connectivity index (χ2n) is 25.0. The second kappa shape index (κ2) is 42.8. The zero-order chi connectivity index (χ0) is 80.1. The molecule has 0 saturated carbocycles. The number of nitrogens with one attached hydrogen (secondary N) is 6. The number of urea groups is 1. The van der Waals surface area contributed by atoms with E-state index in [1.165, 1.54) is 135 Å². The van der Waals surface area contributed by atoms with Crippen molar-refractivity contribution >= 4 is 152 Å². The van der Waals surface area contributed by atoms with Crippen molar-refractivity contribution in [3.63, 3.8) is 0 Å². The molecule has 0 unspecified atom stereocenters. The Hall–Kier alpha value is -4.94. The van der Waals surface area contributed by atoms with E-state index in [0.29, 0.717) is 35.4 Å². The van der Waals surface area contributed by atoms with Gasteiger partial charge in [-0.1, -0.05) is 79.6 Å². The van der Waals surface area contributed by atoms with E-state index in [4.69, 9.17) is 5.11 Å². The monoisotopic (exact) mass is 1730 g/mol. The van der Waals surface area contributed by atoms with E-state index < -0.39 is 159 Å². The van der Waals surface area contributed by atoms with E-state index in [1.54, 1.807) is 13.0 Å². The first-order valence-corrected chi connectivity index (χ1v) is 39.8. The van der Waals surface area contributed by atoms with Gasteiger partial charge in [0.15, 0.2) is 0 Å². The van der Waals surface area contributed by atoms with Crippen molar-refractivity contribution in [2.75, 3.05) is 31.9 Å². The maximum atomic E-state index is 13.6. The van der Waals surface area contributed by atoms with Crippen molar-refractivity contribution in [2.45, 2.75) is 97.1 Å². The maximum Gasteiger partial charge on any atom is 1.00 e. The Morgan fingerprint density at radius 1 is 0.421 bits per heavy atom. The van der Waals surface area contributed by atoms with Crippen LogP contribution in [0.1, 0.15) is 106 Å².